The summed E-state index contributed by atoms with van der Waals surface area (Å²) in [5.74, 6) is -0.0483. The van der Waals surface area contributed by atoms with Crippen LogP contribution in [0.3, 0.4) is 0 Å². The molecular formula is C10H7Cl3N2O3S. The summed E-state index contributed by atoms with van der Waals surface area (Å²) in [4.78, 5) is 3.68. The first-order valence-electron chi connectivity index (χ1n) is 4.87. The maximum atomic E-state index is 12.0. The number of hydrogen-bond acceptors (Lipinski definition) is 4. The minimum absolute atomic E-state index is 0.0483. The zero-order valence-corrected chi connectivity index (χ0v) is 12.6. The van der Waals surface area contributed by atoms with Crippen molar-refractivity contribution in [3.05, 3.63) is 39.7 Å². The molecule has 1 heterocycles. The van der Waals surface area contributed by atoms with E-state index in [1.165, 1.54) is 29.1 Å². The molecule has 5 nitrogen and oxygen atoms in total. The third-order valence-corrected chi connectivity index (χ3v) is 4.42. The van der Waals surface area contributed by atoms with Gasteiger partial charge in [-0.25, -0.2) is 4.98 Å². The van der Waals surface area contributed by atoms with Crippen molar-refractivity contribution in [2.75, 3.05) is 0 Å². The summed E-state index contributed by atoms with van der Waals surface area (Å²) >= 11 is 17.4. The van der Waals surface area contributed by atoms with Gasteiger partial charge in [0.2, 0.25) is 5.03 Å². The van der Waals surface area contributed by atoms with Crippen LogP contribution in [0.1, 0.15) is 0 Å². The Kier molecular flexibility index (Phi) is 3.96. The summed E-state index contributed by atoms with van der Waals surface area (Å²) in [7, 11) is -2.59. The Balaban J connectivity index is 2.39. The third kappa shape index (κ3) is 2.97. The van der Waals surface area contributed by atoms with E-state index in [1.54, 1.807) is 7.05 Å². The fraction of sp³-hybridized carbons (Fsp3) is 0.100. The number of imidazole rings is 1. The average molecular weight is 342 g/mol. The van der Waals surface area contributed by atoms with Crippen LogP contribution >= 0.6 is 34.8 Å². The van der Waals surface area contributed by atoms with Crippen LogP contribution in [-0.2, 0) is 17.2 Å². The molecule has 0 saturated carbocycles. The summed E-state index contributed by atoms with van der Waals surface area (Å²) in [6, 6.07) is 4.17. The fourth-order valence-corrected chi connectivity index (χ4v) is 3.12. The van der Waals surface area contributed by atoms with Gasteiger partial charge in [0.05, 0.1) is 11.3 Å². The van der Waals surface area contributed by atoms with Gasteiger partial charge in [0.1, 0.15) is 0 Å². The van der Waals surface area contributed by atoms with Crippen LogP contribution in [0, 0.1) is 0 Å². The number of aromatic nitrogens is 2. The van der Waals surface area contributed by atoms with Crippen LogP contribution in [0.25, 0.3) is 0 Å². The van der Waals surface area contributed by atoms with Gasteiger partial charge in [-0.3, -0.25) is 0 Å². The molecule has 0 saturated heterocycles. The Bertz CT molecular complexity index is 728. The number of benzene rings is 1. The van der Waals surface area contributed by atoms with Crippen molar-refractivity contribution in [2.24, 2.45) is 7.05 Å². The Labute approximate surface area is 124 Å². The third-order valence-electron chi connectivity index (χ3n) is 2.16. The lowest BCUT2D eigenvalue weighted by atomic mass is 10.3. The lowest BCUT2D eigenvalue weighted by Gasteiger charge is -2.07. The molecule has 0 aliphatic rings. The summed E-state index contributed by atoms with van der Waals surface area (Å²) in [5, 5.41) is 0.0153. The lowest BCUT2D eigenvalue weighted by Crippen LogP contribution is -2.11. The fourth-order valence-electron chi connectivity index (χ4n) is 1.26. The zero-order valence-electron chi connectivity index (χ0n) is 9.47. The van der Waals surface area contributed by atoms with Crippen molar-refractivity contribution >= 4 is 44.9 Å². The van der Waals surface area contributed by atoms with Crippen molar-refractivity contribution in [3.8, 4) is 5.75 Å². The first-order valence-corrected chi connectivity index (χ1v) is 7.42. The smallest absolute Gasteiger partial charge is 0.360 e. The topological polar surface area (TPSA) is 61.2 Å². The minimum Gasteiger partial charge on any atom is -0.376 e. The lowest BCUT2D eigenvalue weighted by molar-refractivity contribution is 0.483. The second-order valence-corrected chi connectivity index (χ2v) is 6.23. The van der Waals surface area contributed by atoms with Gasteiger partial charge in [-0.2, -0.15) is 8.42 Å². The van der Waals surface area contributed by atoms with Gasteiger partial charge < -0.3 is 8.75 Å². The quantitative estimate of drug-likeness (QED) is 0.805. The number of rotatable bonds is 3. The molecule has 9 heteroatoms. The molecule has 0 aliphatic heterocycles. The molecule has 0 spiro atoms. The monoisotopic (exact) mass is 340 g/mol. The van der Waals surface area contributed by atoms with Gasteiger partial charge in [-0.05, 0) is 18.2 Å². The molecule has 0 bridgehead atoms. The summed E-state index contributed by atoms with van der Waals surface area (Å²) < 4.78 is 30.2. The molecule has 1 aromatic carbocycles. The van der Waals surface area contributed by atoms with Crippen LogP contribution in [0.15, 0.2) is 29.6 Å². The van der Waals surface area contributed by atoms with Crippen LogP contribution in [0.5, 0.6) is 5.75 Å². The zero-order chi connectivity index (χ0) is 14.2. The van der Waals surface area contributed by atoms with Gasteiger partial charge in [0.25, 0.3) is 0 Å². The molecular weight excluding hydrogens is 335 g/mol. The molecule has 102 valence electrons. The van der Waals surface area contributed by atoms with E-state index in [4.69, 9.17) is 39.0 Å². The van der Waals surface area contributed by atoms with Gasteiger partial charge in [0.15, 0.2) is 10.9 Å². The maximum absolute atomic E-state index is 12.0. The first kappa shape index (κ1) is 14.5. The molecule has 19 heavy (non-hydrogen) atoms. The molecule has 0 atom stereocenters. The minimum atomic E-state index is -4.15. The summed E-state index contributed by atoms with van der Waals surface area (Å²) in [6.07, 6.45) is 1.27. The second kappa shape index (κ2) is 5.20. The highest BCUT2D eigenvalue weighted by molar-refractivity contribution is 7.87. The highest BCUT2D eigenvalue weighted by Crippen LogP contribution is 2.31. The molecule has 0 radical (unpaired) electrons. The van der Waals surface area contributed by atoms with Crippen LogP contribution in [-0.4, -0.2) is 18.0 Å². The molecule has 2 rings (SSSR count). The highest BCUT2D eigenvalue weighted by Gasteiger charge is 2.25. The van der Waals surface area contributed by atoms with E-state index < -0.39 is 10.1 Å². The SMILES string of the molecule is Cn1cnc(S(=O)(=O)Oc2ccc(Cl)cc2Cl)c1Cl. The Hall–Kier alpha value is -0.950. The highest BCUT2D eigenvalue weighted by atomic mass is 35.5. The van der Waals surface area contributed by atoms with Gasteiger partial charge in [-0.15, -0.1) is 0 Å². The van der Waals surface area contributed by atoms with E-state index >= 15 is 0 Å². The number of halogens is 3. The Morgan fingerprint density at radius 2 is 1.95 bits per heavy atom. The summed E-state index contributed by atoms with van der Waals surface area (Å²) in [5.41, 5.74) is 0. The Morgan fingerprint density at radius 1 is 1.26 bits per heavy atom. The van der Waals surface area contributed by atoms with Gasteiger partial charge in [0, 0.05) is 12.1 Å². The predicted molar refractivity (Wildman–Crippen MR) is 72.5 cm³/mol. The van der Waals surface area contributed by atoms with E-state index in [1.807, 2.05) is 0 Å². The van der Waals surface area contributed by atoms with Crippen molar-refractivity contribution < 1.29 is 12.6 Å². The maximum Gasteiger partial charge on any atom is 0.360 e. The van der Waals surface area contributed by atoms with Crippen LogP contribution in [0.2, 0.25) is 15.2 Å². The normalized spacial score (nSPS) is 11.6. The largest absolute Gasteiger partial charge is 0.376 e. The van der Waals surface area contributed by atoms with E-state index in [9.17, 15) is 8.42 Å². The summed E-state index contributed by atoms with van der Waals surface area (Å²) in [6.45, 7) is 0. The van der Waals surface area contributed by atoms with Gasteiger partial charge >= 0.3 is 10.1 Å². The standard InChI is InChI=1S/C10H7Cl3N2O3S/c1-15-5-14-10(9(15)13)19(16,17)18-8-3-2-6(11)4-7(8)12/h2-5H,1H3. The molecule has 0 fully saturated rings. The first-order chi connectivity index (χ1) is 8.81. The molecule has 0 amide bonds. The molecule has 2 aromatic rings. The second-order valence-electron chi connectivity index (χ2n) is 3.56. The van der Waals surface area contributed by atoms with E-state index in [-0.39, 0.29) is 21.0 Å². The van der Waals surface area contributed by atoms with Crippen LogP contribution < -0.4 is 4.18 Å². The van der Waals surface area contributed by atoms with E-state index in [0.29, 0.717) is 5.02 Å². The van der Waals surface area contributed by atoms with Crippen molar-refractivity contribution in [2.45, 2.75) is 5.03 Å². The van der Waals surface area contributed by atoms with Crippen molar-refractivity contribution in [1.82, 2.24) is 9.55 Å². The molecule has 1 aromatic heterocycles. The Morgan fingerprint density at radius 3 is 2.47 bits per heavy atom. The predicted octanol–water partition coefficient (Wildman–Crippen LogP) is 3.15. The average Bonchev–Trinajstić information content (AvgIpc) is 2.64. The van der Waals surface area contributed by atoms with Crippen molar-refractivity contribution in [1.29, 1.82) is 0 Å². The van der Waals surface area contributed by atoms with Crippen molar-refractivity contribution in [3.63, 3.8) is 0 Å². The number of nitrogens with zero attached hydrogens (tertiary/aromatic N) is 2. The van der Waals surface area contributed by atoms with Crippen LogP contribution in [0.4, 0.5) is 0 Å². The molecule has 0 aliphatic carbocycles. The molecule has 0 N–H and O–H groups in total. The number of hydrogen-bond donors (Lipinski definition) is 0. The molecule has 0 unspecified atom stereocenters. The number of aryl methyl sites for hydroxylation is 1. The van der Waals surface area contributed by atoms with E-state index in [0.717, 1.165) is 0 Å². The van der Waals surface area contributed by atoms with Gasteiger partial charge in [-0.1, -0.05) is 34.8 Å². The van der Waals surface area contributed by atoms with E-state index in [2.05, 4.69) is 4.98 Å².